The zero-order valence-electron chi connectivity index (χ0n) is 10.6. The van der Waals surface area contributed by atoms with E-state index in [-0.39, 0.29) is 12.0 Å². The summed E-state index contributed by atoms with van der Waals surface area (Å²) in [5.74, 6) is 0.0700. The van der Waals surface area contributed by atoms with Crippen molar-refractivity contribution in [3.8, 4) is 0 Å². The predicted octanol–water partition coefficient (Wildman–Crippen LogP) is 2.93. The van der Waals surface area contributed by atoms with Crippen molar-refractivity contribution in [2.24, 2.45) is 0 Å². The summed E-state index contributed by atoms with van der Waals surface area (Å²) in [6, 6.07) is 7.67. The third-order valence-corrected chi connectivity index (χ3v) is 3.91. The van der Waals surface area contributed by atoms with E-state index in [1.165, 1.54) is 6.42 Å². The molecule has 0 aromatic heterocycles. The first-order valence-electron chi connectivity index (χ1n) is 6.29. The van der Waals surface area contributed by atoms with Gasteiger partial charge in [0.1, 0.15) is 0 Å². The Kier molecular flexibility index (Phi) is 5.00. The van der Waals surface area contributed by atoms with Gasteiger partial charge in [0.2, 0.25) is 0 Å². The molecule has 98 valence electrons. The van der Waals surface area contributed by atoms with Crippen molar-refractivity contribution in [1.29, 1.82) is 0 Å². The first-order valence-corrected chi connectivity index (χ1v) is 7.37. The molecule has 1 aromatic carbocycles. The van der Waals surface area contributed by atoms with Gasteiger partial charge in [0, 0.05) is 29.3 Å². The van der Waals surface area contributed by atoms with E-state index in [0.29, 0.717) is 6.54 Å². The summed E-state index contributed by atoms with van der Waals surface area (Å²) in [7, 11) is 1.85. The zero-order chi connectivity index (χ0) is 13.0. The molecule has 0 N–H and O–H groups in total. The van der Waals surface area contributed by atoms with Crippen LogP contribution in [0, 0.1) is 3.57 Å². The Morgan fingerprint density at radius 3 is 2.72 bits per heavy atom. The Balaban J connectivity index is 1.93. The SMILES string of the molecule is CN(CC1CCCCO1)C(=O)c1ccc(I)cc1. The second kappa shape index (κ2) is 6.52. The van der Waals surface area contributed by atoms with Crippen molar-refractivity contribution in [3.63, 3.8) is 0 Å². The fraction of sp³-hybridized carbons (Fsp3) is 0.500. The van der Waals surface area contributed by atoms with Crippen LogP contribution in [0.3, 0.4) is 0 Å². The van der Waals surface area contributed by atoms with Crippen LogP contribution in [0.5, 0.6) is 0 Å². The number of carbonyl (C=O) groups is 1. The van der Waals surface area contributed by atoms with Crippen LogP contribution in [0.1, 0.15) is 29.6 Å². The minimum absolute atomic E-state index is 0.0700. The van der Waals surface area contributed by atoms with Gasteiger partial charge in [-0.15, -0.1) is 0 Å². The smallest absolute Gasteiger partial charge is 0.253 e. The molecule has 3 nitrogen and oxygen atoms in total. The van der Waals surface area contributed by atoms with Gasteiger partial charge in [-0.05, 0) is 66.1 Å². The Morgan fingerprint density at radius 2 is 2.11 bits per heavy atom. The number of amides is 1. The standard InChI is InChI=1S/C14H18INO2/c1-16(10-13-4-2-3-9-18-13)14(17)11-5-7-12(15)8-6-11/h5-8,13H,2-4,9-10H2,1H3. The molecule has 0 aliphatic carbocycles. The van der Waals surface area contributed by atoms with Crippen LogP contribution in [0.4, 0.5) is 0 Å². The molecule has 1 amide bonds. The van der Waals surface area contributed by atoms with Crippen molar-refractivity contribution in [2.45, 2.75) is 25.4 Å². The van der Waals surface area contributed by atoms with Gasteiger partial charge in [-0.1, -0.05) is 0 Å². The molecule has 1 aliphatic rings. The third-order valence-electron chi connectivity index (χ3n) is 3.19. The third kappa shape index (κ3) is 3.68. The van der Waals surface area contributed by atoms with Gasteiger partial charge in [-0.3, -0.25) is 4.79 Å². The van der Waals surface area contributed by atoms with Gasteiger partial charge < -0.3 is 9.64 Å². The molecule has 0 bridgehead atoms. The monoisotopic (exact) mass is 359 g/mol. The summed E-state index contributed by atoms with van der Waals surface area (Å²) in [5.41, 5.74) is 0.744. The van der Waals surface area contributed by atoms with E-state index in [2.05, 4.69) is 22.6 Å². The van der Waals surface area contributed by atoms with E-state index in [4.69, 9.17) is 4.74 Å². The molecular weight excluding hydrogens is 341 g/mol. The molecular formula is C14H18INO2. The minimum atomic E-state index is 0.0700. The largest absolute Gasteiger partial charge is 0.376 e. The number of nitrogens with zero attached hydrogens (tertiary/aromatic N) is 1. The number of benzene rings is 1. The summed E-state index contributed by atoms with van der Waals surface area (Å²) in [5, 5.41) is 0. The normalized spacial score (nSPS) is 19.6. The minimum Gasteiger partial charge on any atom is -0.376 e. The van der Waals surface area contributed by atoms with Gasteiger partial charge in [0.05, 0.1) is 6.10 Å². The molecule has 1 aromatic rings. The summed E-state index contributed by atoms with van der Waals surface area (Å²) >= 11 is 2.24. The van der Waals surface area contributed by atoms with Crippen LogP contribution in [-0.2, 0) is 4.74 Å². The van der Waals surface area contributed by atoms with Gasteiger partial charge in [0.25, 0.3) is 5.91 Å². The highest BCUT2D eigenvalue weighted by Gasteiger charge is 2.19. The molecule has 1 heterocycles. The molecule has 1 aliphatic heterocycles. The number of carbonyl (C=O) groups excluding carboxylic acids is 1. The molecule has 1 atom stereocenters. The Hall–Kier alpha value is -0.620. The number of likely N-dealkylation sites (N-methyl/N-ethyl adjacent to an activating group) is 1. The van der Waals surface area contributed by atoms with Gasteiger partial charge in [-0.2, -0.15) is 0 Å². The second-order valence-electron chi connectivity index (χ2n) is 4.68. The first-order chi connectivity index (χ1) is 8.66. The Labute approximate surface area is 122 Å². The van der Waals surface area contributed by atoms with Crippen molar-refractivity contribution in [3.05, 3.63) is 33.4 Å². The van der Waals surface area contributed by atoms with Crippen LogP contribution >= 0.6 is 22.6 Å². The number of ether oxygens (including phenoxy) is 1. The summed E-state index contributed by atoms with van der Waals surface area (Å²) in [4.78, 5) is 14.0. The molecule has 0 saturated carbocycles. The molecule has 4 heteroatoms. The molecule has 1 saturated heterocycles. The topological polar surface area (TPSA) is 29.5 Å². The maximum Gasteiger partial charge on any atom is 0.253 e. The van der Waals surface area contributed by atoms with E-state index in [0.717, 1.165) is 28.6 Å². The molecule has 0 radical (unpaired) electrons. The molecule has 1 fully saturated rings. The second-order valence-corrected chi connectivity index (χ2v) is 5.93. The fourth-order valence-electron chi connectivity index (χ4n) is 2.15. The summed E-state index contributed by atoms with van der Waals surface area (Å²) in [6.07, 6.45) is 3.61. The Bertz CT molecular complexity index is 399. The average Bonchev–Trinajstić information content (AvgIpc) is 2.40. The van der Waals surface area contributed by atoms with Crippen LogP contribution in [0.2, 0.25) is 0 Å². The highest BCUT2D eigenvalue weighted by Crippen LogP contribution is 2.15. The molecule has 2 rings (SSSR count). The van der Waals surface area contributed by atoms with Crippen molar-refractivity contribution in [1.82, 2.24) is 4.90 Å². The van der Waals surface area contributed by atoms with Crippen LogP contribution in [-0.4, -0.2) is 37.1 Å². The van der Waals surface area contributed by atoms with E-state index < -0.39 is 0 Å². The van der Waals surface area contributed by atoms with Crippen LogP contribution < -0.4 is 0 Å². The van der Waals surface area contributed by atoms with Crippen molar-refractivity contribution < 1.29 is 9.53 Å². The maximum atomic E-state index is 12.2. The number of halogens is 1. The number of hydrogen-bond acceptors (Lipinski definition) is 2. The highest BCUT2D eigenvalue weighted by atomic mass is 127. The lowest BCUT2D eigenvalue weighted by Crippen LogP contribution is -2.37. The Morgan fingerprint density at radius 1 is 1.39 bits per heavy atom. The van der Waals surface area contributed by atoms with Crippen molar-refractivity contribution in [2.75, 3.05) is 20.2 Å². The zero-order valence-corrected chi connectivity index (χ0v) is 12.7. The van der Waals surface area contributed by atoms with E-state index >= 15 is 0 Å². The summed E-state index contributed by atoms with van der Waals surface area (Å²) < 4.78 is 6.80. The van der Waals surface area contributed by atoms with Gasteiger partial charge in [0.15, 0.2) is 0 Å². The molecule has 18 heavy (non-hydrogen) atoms. The van der Waals surface area contributed by atoms with E-state index in [1.807, 2.05) is 31.3 Å². The highest BCUT2D eigenvalue weighted by molar-refractivity contribution is 14.1. The lowest BCUT2D eigenvalue weighted by atomic mass is 10.1. The van der Waals surface area contributed by atoms with Gasteiger partial charge >= 0.3 is 0 Å². The van der Waals surface area contributed by atoms with E-state index in [1.54, 1.807) is 4.90 Å². The number of rotatable bonds is 3. The average molecular weight is 359 g/mol. The molecule has 1 unspecified atom stereocenters. The van der Waals surface area contributed by atoms with Crippen molar-refractivity contribution >= 4 is 28.5 Å². The fourth-order valence-corrected chi connectivity index (χ4v) is 2.51. The molecule has 0 spiro atoms. The van der Waals surface area contributed by atoms with Crippen LogP contribution in [0.15, 0.2) is 24.3 Å². The summed E-state index contributed by atoms with van der Waals surface area (Å²) in [6.45, 7) is 1.51. The lowest BCUT2D eigenvalue weighted by molar-refractivity contribution is -0.000187. The lowest BCUT2D eigenvalue weighted by Gasteiger charge is -2.27. The predicted molar refractivity (Wildman–Crippen MR) is 79.7 cm³/mol. The maximum absolute atomic E-state index is 12.2. The van der Waals surface area contributed by atoms with Crippen LogP contribution in [0.25, 0.3) is 0 Å². The van der Waals surface area contributed by atoms with Gasteiger partial charge in [-0.25, -0.2) is 0 Å². The van der Waals surface area contributed by atoms with E-state index in [9.17, 15) is 4.79 Å². The quantitative estimate of drug-likeness (QED) is 0.777. The number of hydrogen-bond donors (Lipinski definition) is 0. The first kappa shape index (κ1) is 13.8.